The smallest absolute Gasteiger partial charge is 0.244 e. The van der Waals surface area contributed by atoms with Gasteiger partial charge in [0.2, 0.25) is 5.91 Å². The van der Waals surface area contributed by atoms with E-state index < -0.39 is 5.54 Å². The van der Waals surface area contributed by atoms with Gasteiger partial charge in [0, 0.05) is 11.8 Å². The zero-order chi connectivity index (χ0) is 13.2. The number of benzene rings is 1. The van der Waals surface area contributed by atoms with Crippen molar-refractivity contribution in [3.05, 3.63) is 22.7 Å². The van der Waals surface area contributed by atoms with Crippen LogP contribution >= 0.6 is 15.9 Å². The number of carbonyl (C=O) groups excluding carboxylic acids is 1. The summed E-state index contributed by atoms with van der Waals surface area (Å²) in [7, 11) is 1.59. The molecule has 0 atom stereocenters. The second-order valence-corrected chi connectivity index (χ2v) is 5.52. The normalized spacial score (nSPS) is 17.5. The summed E-state index contributed by atoms with van der Waals surface area (Å²) in [5, 5.41) is 2.86. The van der Waals surface area contributed by atoms with Crippen LogP contribution in [0.1, 0.15) is 25.7 Å². The summed E-state index contributed by atoms with van der Waals surface area (Å²) in [6.45, 7) is 0. The molecule has 0 aliphatic heterocycles. The topological polar surface area (TPSA) is 64.3 Å². The monoisotopic (exact) mass is 312 g/mol. The summed E-state index contributed by atoms with van der Waals surface area (Å²) in [5.74, 6) is 0.578. The highest BCUT2D eigenvalue weighted by Gasteiger charge is 2.36. The summed E-state index contributed by atoms with van der Waals surface area (Å²) in [6, 6.07) is 5.44. The first-order chi connectivity index (χ1) is 8.55. The molecular weight excluding hydrogens is 296 g/mol. The van der Waals surface area contributed by atoms with E-state index in [4.69, 9.17) is 10.5 Å². The van der Waals surface area contributed by atoms with Gasteiger partial charge in [-0.1, -0.05) is 12.8 Å². The molecule has 0 saturated heterocycles. The first-order valence-corrected chi connectivity index (χ1v) is 6.78. The number of anilines is 1. The maximum absolute atomic E-state index is 12.1. The summed E-state index contributed by atoms with van der Waals surface area (Å²) in [4.78, 5) is 12.1. The number of hydrogen-bond acceptors (Lipinski definition) is 3. The lowest BCUT2D eigenvalue weighted by molar-refractivity contribution is -0.121. The number of halogens is 1. The van der Waals surface area contributed by atoms with E-state index in [0.29, 0.717) is 11.4 Å². The van der Waals surface area contributed by atoms with Gasteiger partial charge in [-0.2, -0.15) is 0 Å². The molecule has 2 rings (SSSR count). The third-order valence-corrected chi connectivity index (χ3v) is 4.01. The largest absolute Gasteiger partial charge is 0.495 e. The van der Waals surface area contributed by atoms with Gasteiger partial charge in [0.25, 0.3) is 0 Å². The van der Waals surface area contributed by atoms with Crippen molar-refractivity contribution in [2.24, 2.45) is 5.73 Å². The van der Waals surface area contributed by atoms with Crippen molar-refractivity contribution in [2.75, 3.05) is 12.4 Å². The standard InChI is InChI=1S/C13H17BrN2O2/c1-18-11-8-9(4-5-10(11)14)16-12(17)13(15)6-2-3-7-13/h4-5,8H,2-3,6-7,15H2,1H3,(H,16,17). The Labute approximate surface area is 115 Å². The molecule has 3 N–H and O–H groups in total. The Hall–Kier alpha value is -1.07. The molecule has 0 unspecified atom stereocenters. The Morgan fingerprint density at radius 3 is 2.72 bits per heavy atom. The van der Waals surface area contributed by atoms with Crippen LogP contribution in [0.5, 0.6) is 5.75 Å². The van der Waals surface area contributed by atoms with E-state index in [1.54, 1.807) is 13.2 Å². The molecule has 18 heavy (non-hydrogen) atoms. The lowest BCUT2D eigenvalue weighted by Gasteiger charge is -2.22. The zero-order valence-corrected chi connectivity index (χ0v) is 11.9. The van der Waals surface area contributed by atoms with E-state index in [0.717, 1.165) is 30.2 Å². The Kier molecular flexibility index (Phi) is 3.92. The van der Waals surface area contributed by atoms with E-state index in [1.807, 2.05) is 12.1 Å². The molecule has 0 heterocycles. The van der Waals surface area contributed by atoms with Crippen molar-refractivity contribution in [3.8, 4) is 5.75 Å². The van der Waals surface area contributed by atoms with Gasteiger partial charge in [-0.05, 0) is 40.9 Å². The van der Waals surface area contributed by atoms with E-state index in [1.165, 1.54) is 0 Å². The molecule has 0 radical (unpaired) electrons. The highest BCUT2D eigenvalue weighted by molar-refractivity contribution is 9.10. The number of rotatable bonds is 3. The average molecular weight is 313 g/mol. The van der Waals surface area contributed by atoms with Crippen LogP contribution in [-0.4, -0.2) is 18.6 Å². The highest BCUT2D eigenvalue weighted by Crippen LogP contribution is 2.31. The molecule has 98 valence electrons. The second-order valence-electron chi connectivity index (χ2n) is 4.67. The molecule has 1 aliphatic carbocycles. The van der Waals surface area contributed by atoms with Gasteiger partial charge in [-0.15, -0.1) is 0 Å². The Morgan fingerprint density at radius 2 is 2.11 bits per heavy atom. The predicted octanol–water partition coefficient (Wildman–Crippen LogP) is 2.67. The molecule has 1 aromatic carbocycles. The van der Waals surface area contributed by atoms with Gasteiger partial charge in [-0.3, -0.25) is 4.79 Å². The first kappa shape index (κ1) is 13.4. The summed E-state index contributed by atoms with van der Waals surface area (Å²) in [5.41, 5.74) is 6.10. The molecule has 4 nitrogen and oxygen atoms in total. The van der Waals surface area contributed by atoms with Crippen molar-refractivity contribution in [1.29, 1.82) is 0 Å². The van der Waals surface area contributed by atoms with E-state index in [2.05, 4.69) is 21.2 Å². The van der Waals surface area contributed by atoms with Gasteiger partial charge in [0.05, 0.1) is 17.1 Å². The molecule has 1 fully saturated rings. The molecule has 1 amide bonds. The fourth-order valence-corrected chi connectivity index (χ4v) is 2.63. The lowest BCUT2D eigenvalue weighted by atomic mass is 9.98. The fourth-order valence-electron chi connectivity index (χ4n) is 2.23. The third-order valence-electron chi connectivity index (χ3n) is 3.36. The fraction of sp³-hybridized carbons (Fsp3) is 0.462. The third kappa shape index (κ3) is 2.67. The van der Waals surface area contributed by atoms with Crippen LogP contribution in [0.2, 0.25) is 0 Å². The summed E-state index contributed by atoms with van der Waals surface area (Å²) in [6.07, 6.45) is 3.56. The number of amides is 1. The van der Waals surface area contributed by atoms with Crippen LogP contribution in [0.25, 0.3) is 0 Å². The van der Waals surface area contributed by atoms with Crippen molar-refractivity contribution in [1.82, 2.24) is 0 Å². The van der Waals surface area contributed by atoms with E-state index in [-0.39, 0.29) is 5.91 Å². The van der Waals surface area contributed by atoms with Gasteiger partial charge < -0.3 is 15.8 Å². The average Bonchev–Trinajstić information content (AvgIpc) is 2.80. The SMILES string of the molecule is COc1cc(NC(=O)C2(N)CCCC2)ccc1Br. The molecule has 1 saturated carbocycles. The molecule has 5 heteroatoms. The molecule has 0 spiro atoms. The summed E-state index contributed by atoms with van der Waals surface area (Å²) < 4.78 is 6.04. The van der Waals surface area contributed by atoms with E-state index in [9.17, 15) is 4.79 Å². The van der Waals surface area contributed by atoms with E-state index >= 15 is 0 Å². The van der Waals surface area contributed by atoms with Crippen molar-refractivity contribution in [3.63, 3.8) is 0 Å². The minimum Gasteiger partial charge on any atom is -0.495 e. The van der Waals surface area contributed by atoms with Crippen LogP contribution in [-0.2, 0) is 4.79 Å². The molecule has 1 aromatic rings. The Balaban J connectivity index is 2.11. The minimum atomic E-state index is -0.708. The summed E-state index contributed by atoms with van der Waals surface area (Å²) >= 11 is 3.37. The molecular formula is C13H17BrN2O2. The zero-order valence-electron chi connectivity index (χ0n) is 10.3. The Morgan fingerprint density at radius 1 is 1.44 bits per heavy atom. The van der Waals surface area contributed by atoms with Crippen molar-refractivity contribution < 1.29 is 9.53 Å². The number of hydrogen-bond donors (Lipinski definition) is 2. The van der Waals surface area contributed by atoms with Gasteiger partial charge in [-0.25, -0.2) is 0 Å². The highest BCUT2D eigenvalue weighted by atomic mass is 79.9. The Bertz CT molecular complexity index is 456. The van der Waals surface area contributed by atoms with Crippen LogP contribution in [0.4, 0.5) is 5.69 Å². The van der Waals surface area contributed by atoms with Crippen LogP contribution in [0.15, 0.2) is 22.7 Å². The number of methoxy groups -OCH3 is 1. The van der Waals surface area contributed by atoms with Crippen molar-refractivity contribution in [2.45, 2.75) is 31.2 Å². The van der Waals surface area contributed by atoms with Gasteiger partial charge in [0.15, 0.2) is 0 Å². The number of carbonyl (C=O) groups is 1. The number of nitrogens with one attached hydrogen (secondary N) is 1. The molecule has 0 aromatic heterocycles. The second kappa shape index (κ2) is 5.28. The minimum absolute atomic E-state index is 0.107. The van der Waals surface area contributed by atoms with Crippen molar-refractivity contribution >= 4 is 27.5 Å². The first-order valence-electron chi connectivity index (χ1n) is 5.99. The molecule has 0 bridgehead atoms. The maximum atomic E-state index is 12.1. The lowest BCUT2D eigenvalue weighted by Crippen LogP contribution is -2.48. The maximum Gasteiger partial charge on any atom is 0.244 e. The number of nitrogens with two attached hydrogens (primary N) is 1. The quantitative estimate of drug-likeness (QED) is 0.902. The van der Waals surface area contributed by atoms with Crippen LogP contribution < -0.4 is 15.8 Å². The molecule has 1 aliphatic rings. The van der Waals surface area contributed by atoms with Gasteiger partial charge >= 0.3 is 0 Å². The number of ether oxygens (including phenoxy) is 1. The van der Waals surface area contributed by atoms with Crippen LogP contribution in [0, 0.1) is 0 Å². The predicted molar refractivity (Wildman–Crippen MR) is 74.7 cm³/mol. The van der Waals surface area contributed by atoms with Gasteiger partial charge in [0.1, 0.15) is 5.75 Å². The van der Waals surface area contributed by atoms with Crippen LogP contribution in [0.3, 0.4) is 0 Å².